The summed E-state index contributed by atoms with van der Waals surface area (Å²) in [6.07, 6.45) is 2.94. The van der Waals surface area contributed by atoms with Crippen LogP contribution in [-0.2, 0) is 9.53 Å². The minimum absolute atomic E-state index is 0.187. The van der Waals surface area contributed by atoms with Crippen LogP contribution in [0.5, 0.6) is 0 Å². The molecule has 0 aromatic heterocycles. The van der Waals surface area contributed by atoms with Gasteiger partial charge in [0, 0.05) is 16.5 Å². The zero-order chi connectivity index (χ0) is 16.7. The van der Waals surface area contributed by atoms with Crippen molar-refractivity contribution in [3.05, 3.63) is 69.7 Å². The van der Waals surface area contributed by atoms with Crippen molar-refractivity contribution in [3.8, 4) is 0 Å². The van der Waals surface area contributed by atoms with Gasteiger partial charge in [0.2, 0.25) is 0 Å². The maximum absolute atomic E-state index is 12.1. The van der Waals surface area contributed by atoms with Crippen LogP contribution in [0.3, 0.4) is 0 Å². The van der Waals surface area contributed by atoms with Gasteiger partial charge >= 0.3 is 5.97 Å². The highest BCUT2D eigenvalue weighted by molar-refractivity contribution is 6.30. The molecule has 0 aliphatic rings. The quantitative estimate of drug-likeness (QED) is 0.438. The number of esters is 1. The molecule has 0 aliphatic heterocycles. The Morgan fingerprint density at radius 3 is 1.83 bits per heavy atom. The van der Waals surface area contributed by atoms with Gasteiger partial charge in [0.15, 0.2) is 6.10 Å². The second-order valence-corrected chi connectivity index (χ2v) is 6.30. The fourth-order valence-electron chi connectivity index (χ4n) is 2.31. The predicted octanol–water partition coefficient (Wildman–Crippen LogP) is 6.21. The molecule has 0 saturated heterocycles. The summed E-state index contributed by atoms with van der Waals surface area (Å²) in [4.78, 5) is 12.1. The number of carbonyl (C=O) groups excluding carboxylic acids is 1. The Morgan fingerprint density at radius 1 is 0.913 bits per heavy atom. The van der Waals surface area contributed by atoms with E-state index in [0.717, 1.165) is 30.4 Å². The van der Waals surface area contributed by atoms with E-state index in [9.17, 15) is 4.79 Å². The second-order valence-electron chi connectivity index (χ2n) is 5.43. The third kappa shape index (κ3) is 5.56. The number of rotatable bonds is 7. The number of unbranched alkanes of at least 4 members (excludes halogenated alkanes) is 2. The Balaban J connectivity index is 2.19. The molecule has 0 atom stereocenters. The van der Waals surface area contributed by atoms with E-state index >= 15 is 0 Å². The lowest BCUT2D eigenvalue weighted by atomic mass is 10.0. The van der Waals surface area contributed by atoms with Crippen LogP contribution < -0.4 is 0 Å². The van der Waals surface area contributed by atoms with E-state index in [-0.39, 0.29) is 5.97 Å². The summed E-state index contributed by atoms with van der Waals surface area (Å²) in [6.45, 7) is 2.11. The normalized spacial score (nSPS) is 10.8. The van der Waals surface area contributed by atoms with Crippen LogP contribution in [0.25, 0.3) is 0 Å². The molecule has 0 heterocycles. The van der Waals surface area contributed by atoms with Crippen LogP contribution in [0.1, 0.15) is 49.8 Å². The molecule has 0 spiro atoms. The molecule has 0 saturated carbocycles. The lowest BCUT2D eigenvalue weighted by Crippen LogP contribution is -2.12. The zero-order valence-corrected chi connectivity index (χ0v) is 14.6. The van der Waals surface area contributed by atoms with Crippen molar-refractivity contribution in [1.29, 1.82) is 0 Å². The van der Waals surface area contributed by atoms with Crippen molar-refractivity contribution in [1.82, 2.24) is 0 Å². The van der Waals surface area contributed by atoms with Crippen molar-refractivity contribution >= 4 is 29.2 Å². The van der Waals surface area contributed by atoms with Crippen LogP contribution in [0.4, 0.5) is 0 Å². The standard InChI is InChI=1S/C19H20Cl2O2/c1-2-3-4-5-18(22)23-19(14-6-10-16(20)11-7-14)15-8-12-17(21)13-9-15/h6-13,19H,2-5H2,1H3. The van der Waals surface area contributed by atoms with Gasteiger partial charge in [-0.05, 0) is 41.8 Å². The summed E-state index contributed by atoms with van der Waals surface area (Å²) in [7, 11) is 0. The molecule has 2 rings (SSSR count). The first-order valence-electron chi connectivity index (χ1n) is 7.80. The van der Waals surface area contributed by atoms with Crippen LogP contribution in [-0.4, -0.2) is 5.97 Å². The van der Waals surface area contributed by atoms with Crippen LogP contribution >= 0.6 is 23.2 Å². The van der Waals surface area contributed by atoms with Gasteiger partial charge in [-0.15, -0.1) is 0 Å². The van der Waals surface area contributed by atoms with E-state index < -0.39 is 6.10 Å². The molecule has 0 unspecified atom stereocenters. The first kappa shape index (κ1) is 17.8. The first-order chi connectivity index (χ1) is 11.1. The van der Waals surface area contributed by atoms with Crippen molar-refractivity contribution in [3.63, 3.8) is 0 Å². The summed E-state index contributed by atoms with van der Waals surface area (Å²) in [5.74, 6) is -0.187. The van der Waals surface area contributed by atoms with Crippen LogP contribution in [0.15, 0.2) is 48.5 Å². The maximum atomic E-state index is 12.1. The van der Waals surface area contributed by atoms with E-state index in [2.05, 4.69) is 6.92 Å². The monoisotopic (exact) mass is 350 g/mol. The molecule has 0 radical (unpaired) electrons. The van der Waals surface area contributed by atoms with Gasteiger partial charge in [0.25, 0.3) is 0 Å². The van der Waals surface area contributed by atoms with Gasteiger partial charge < -0.3 is 4.74 Å². The molecule has 2 aromatic rings. The molecule has 4 heteroatoms. The number of ether oxygens (including phenoxy) is 1. The lowest BCUT2D eigenvalue weighted by molar-refractivity contribution is -0.147. The van der Waals surface area contributed by atoms with Gasteiger partial charge in [-0.2, -0.15) is 0 Å². The van der Waals surface area contributed by atoms with Crippen LogP contribution in [0.2, 0.25) is 10.0 Å². The first-order valence-corrected chi connectivity index (χ1v) is 8.56. The Kier molecular flexibility index (Phi) is 6.94. The maximum Gasteiger partial charge on any atom is 0.306 e. The molecule has 0 N–H and O–H groups in total. The highest BCUT2D eigenvalue weighted by Crippen LogP contribution is 2.28. The summed E-state index contributed by atoms with van der Waals surface area (Å²) >= 11 is 11.9. The number of hydrogen-bond acceptors (Lipinski definition) is 2. The molecule has 0 aliphatic carbocycles. The topological polar surface area (TPSA) is 26.3 Å². The van der Waals surface area contributed by atoms with Gasteiger partial charge in [-0.3, -0.25) is 4.79 Å². The average molecular weight is 351 g/mol. The zero-order valence-electron chi connectivity index (χ0n) is 13.1. The molecular formula is C19H20Cl2O2. The summed E-state index contributed by atoms with van der Waals surface area (Å²) in [5.41, 5.74) is 1.78. The van der Waals surface area contributed by atoms with Crippen molar-refractivity contribution in [2.45, 2.75) is 38.7 Å². The smallest absolute Gasteiger partial charge is 0.306 e. The number of halogens is 2. The lowest BCUT2D eigenvalue weighted by Gasteiger charge is -2.19. The summed E-state index contributed by atoms with van der Waals surface area (Å²) in [6, 6.07) is 14.7. The van der Waals surface area contributed by atoms with E-state index in [1.807, 2.05) is 24.3 Å². The third-order valence-corrected chi connectivity index (χ3v) is 4.08. The van der Waals surface area contributed by atoms with Gasteiger partial charge in [0.05, 0.1) is 0 Å². The van der Waals surface area contributed by atoms with Gasteiger partial charge in [0.1, 0.15) is 0 Å². The van der Waals surface area contributed by atoms with Crippen molar-refractivity contribution < 1.29 is 9.53 Å². The highest BCUT2D eigenvalue weighted by atomic mass is 35.5. The largest absolute Gasteiger partial charge is 0.453 e. The highest BCUT2D eigenvalue weighted by Gasteiger charge is 2.19. The van der Waals surface area contributed by atoms with E-state index in [1.54, 1.807) is 24.3 Å². The molecule has 122 valence electrons. The second kappa shape index (κ2) is 8.95. The predicted molar refractivity (Wildman–Crippen MR) is 95.0 cm³/mol. The Hall–Kier alpha value is -1.51. The molecule has 0 amide bonds. The number of carbonyl (C=O) groups is 1. The average Bonchev–Trinajstić information content (AvgIpc) is 2.55. The van der Waals surface area contributed by atoms with Crippen molar-refractivity contribution in [2.24, 2.45) is 0 Å². The summed E-state index contributed by atoms with van der Waals surface area (Å²) in [5, 5.41) is 1.30. The molecule has 2 aromatic carbocycles. The fourth-order valence-corrected chi connectivity index (χ4v) is 2.57. The molecule has 23 heavy (non-hydrogen) atoms. The SMILES string of the molecule is CCCCCC(=O)OC(c1ccc(Cl)cc1)c1ccc(Cl)cc1. The van der Waals surface area contributed by atoms with E-state index in [1.165, 1.54) is 0 Å². The van der Waals surface area contributed by atoms with E-state index in [4.69, 9.17) is 27.9 Å². The Bertz CT molecular complexity index is 575. The molecular weight excluding hydrogens is 331 g/mol. The molecule has 0 fully saturated rings. The van der Waals surface area contributed by atoms with Crippen LogP contribution in [0, 0.1) is 0 Å². The van der Waals surface area contributed by atoms with E-state index in [0.29, 0.717) is 16.5 Å². The number of hydrogen-bond donors (Lipinski definition) is 0. The molecule has 2 nitrogen and oxygen atoms in total. The minimum Gasteiger partial charge on any atom is -0.453 e. The number of benzene rings is 2. The Labute approximate surface area is 147 Å². The van der Waals surface area contributed by atoms with Gasteiger partial charge in [-0.1, -0.05) is 67.2 Å². The van der Waals surface area contributed by atoms with Crippen molar-refractivity contribution in [2.75, 3.05) is 0 Å². The Morgan fingerprint density at radius 2 is 1.39 bits per heavy atom. The molecule has 0 bridgehead atoms. The third-order valence-electron chi connectivity index (χ3n) is 3.58. The fraction of sp³-hybridized carbons (Fsp3) is 0.316. The summed E-state index contributed by atoms with van der Waals surface area (Å²) < 4.78 is 5.72. The van der Waals surface area contributed by atoms with Gasteiger partial charge in [-0.25, -0.2) is 0 Å². The minimum atomic E-state index is -0.446.